The Balaban J connectivity index is 1.76. The van der Waals surface area contributed by atoms with Crippen LogP contribution in [0, 0.1) is 25.2 Å². The predicted octanol–water partition coefficient (Wildman–Crippen LogP) is 4.48. The fourth-order valence-corrected chi connectivity index (χ4v) is 3.54. The number of imidazole rings is 1. The molecule has 3 rings (SSSR count). The van der Waals surface area contributed by atoms with E-state index in [1.807, 2.05) is 17.7 Å². The zero-order chi connectivity index (χ0) is 19.4. The molecule has 2 aromatic carbocycles. The summed E-state index contributed by atoms with van der Waals surface area (Å²) >= 11 is 1.40. The minimum Gasteiger partial charge on any atom is -0.325 e. The Morgan fingerprint density at radius 2 is 2.07 bits per heavy atom. The lowest BCUT2D eigenvalue weighted by molar-refractivity contribution is -0.115. The molecule has 0 fully saturated rings. The van der Waals surface area contributed by atoms with Gasteiger partial charge in [-0.15, -0.1) is 0 Å². The lowest BCUT2D eigenvalue weighted by Crippen LogP contribution is -2.22. The first-order valence-corrected chi connectivity index (χ1v) is 9.44. The number of carbonyl (C=O) groups excluding carboxylic acids is 1. The molecule has 0 saturated heterocycles. The molecule has 1 aromatic heterocycles. The van der Waals surface area contributed by atoms with Gasteiger partial charge in [-0.1, -0.05) is 30.0 Å². The Labute approximate surface area is 163 Å². The third kappa shape index (κ3) is 4.39. The van der Waals surface area contributed by atoms with E-state index in [4.69, 9.17) is 5.26 Å². The summed E-state index contributed by atoms with van der Waals surface area (Å²) in [6.07, 6.45) is 3.65. The van der Waals surface area contributed by atoms with Crippen LogP contribution in [0.2, 0.25) is 0 Å². The van der Waals surface area contributed by atoms with Crippen LogP contribution in [-0.2, 0) is 4.79 Å². The van der Waals surface area contributed by atoms with Crippen LogP contribution in [-0.4, -0.2) is 20.7 Å². The van der Waals surface area contributed by atoms with Crippen LogP contribution in [0.1, 0.15) is 23.6 Å². The lowest BCUT2D eigenvalue weighted by atomic mass is 10.1. The molecule has 0 aliphatic carbocycles. The molecule has 0 saturated carbocycles. The van der Waals surface area contributed by atoms with Crippen molar-refractivity contribution in [1.29, 1.82) is 5.26 Å². The summed E-state index contributed by atoms with van der Waals surface area (Å²) in [5.74, 6) is -0.134. The molecular formula is C21H20N4OS. The number of hydrogen-bond acceptors (Lipinski definition) is 4. The van der Waals surface area contributed by atoms with Crippen LogP contribution in [0.15, 0.2) is 60.0 Å². The van der Waals surface area contributed by atoms with E-state index in [9.17, 15) is 4.79 Å². The molecule has 6 heteroatoms. The summed E-state index contributed by atoms with van der Waals surface area (Å²) in [5.41, 5.74) is 4.50. The van der Waals surface area contributed by atoms with E-state index in [0.29, 0.717) is 11.3 Å². The van der Waals surface area contributed by atoms with Gasteiger partial charge in [0.25, 0.3) is 0 Å². The standard InChI is InChI=1S/C21H20N4OS/c1-14-7-8-15(2)19(11-14)25-10-9-23-21(25)27-16(3)20(26)24-18-6-4-5-17(12-18)13-22/h4-12,16H,1-3H3,(H,24,26). The second kappa shape index (κ2) is 8.11. The van der Waals surface area contributed by atoms with Crippen molar-refractivity contribution in [3.8, 4) is 11.8 Å². The van der Waals surface area contributed by atoms with Gasteiger partial charge in [-0.3, -0.25) is 9.36 Å². The minimum atomic E-state index is -0.345. The SMILES string of the molecule is Cc1ccc(C)c(-n2ccnc2SC(C)C(=O)Nc2cccc(C#N)c2)c1. The van der Waals surface area contributed by atoms with Crippen molar-refractivity contribution in [1.82, 2.24) is 9.55 Å². The largest absolute Gasteiger partial charge is 0.325 e. The van der Waals surface area contributed by atoms with Gasteiger partial charge in [0.2, 0.25) is 5.91 Å². The topological polar surface area (TPSA) is 70.7 Å². The number of nitriles is 1. The first kappa shape index (κ1) is 18.7. The average Bonchev–Trinajstić information content (AvgIpc) is 3.11. The fraction of sp³-hybridized carbons (Fsp3) is 0.190. The Kier molecular flexibility index (Phi) is 5.63. The van der Waals surface area contributed by atoms with Gasteiger partial charge in [0.1, 0.15) is 0 Å². The number of thioether (sulfide) groups is 1. The number of anilines is 1. The van der Waals surface area contributed by atoms with Crippen LogP contribution in [0.5, 0.6) is 0 Å². The first-order chi connectivity index (χ1) is 13.0. The molecule has 1 heterocycles. The molecule has 3 aromatic rings. The first-order valence-electron chi connectivity index (χ1n) is 8.56. The van der Waals surface area contributed by atoms with E-state index in [0.717, 1.165) is 16.4 Å². The predicted molar refractivity (Wildman–Crippen MR) is 108 cm³/mol. The molecule has 1 amide bonds. The van der Waals surface area contributed by atoms with Gasteiger partial charge in [-0.25, -0.2) is 4.98 Å². The van der Waals surface area contributed by atoms with Crippen LogP contribution in [0.25, 0.3) is 5.69 Å². The quantitative estimate of drug-likeness (QED) is 0.667. The fourth-order valence-electron chi connectivity index (χ4n) is 2.66. The maximum atomic E-state index is 12.6. The van der Waals surface area contributed by atoms with E-state index >= 15 is 0 Å². The van der Waals surface area contributed by atoms with Crippen LogP contribution >= 0.6 is 11.8 Å². The maximum absolute atomic E-state index is 12.6. The second-order valence-corrected chi connectivity index (χ2v) is 7.62. The van der Waals surface area contributed by atoms with Gasteiger partial charge in [0.05, 0.1) is 22.6 Å². The lowest BCUT2D eigenvalue weighted by Gasteiger charge is -2.15. The van der Waals surface area contributed by atoms with Crippen LogP contribution in [0.3, 0.4) is 0 Å². The monoisotopic (exact) mass is 376 g/mol. The number of rotatable bonds is 5. The minimum absolute atomic E-state index is 0.134. The molecule has 27 heavy (non-hydrogen) atoms. The summed E-state index contributed by atoms with van der Waals surface area (Å²) in [6.45, 7) is 5.95. The van der Waals surface area contributed by atoms with Crippen molar-refractivity contribution in [3.05, 3.63) is 71.5 Å². The molecule has 136 valence electrons. The number of carbonyl (C=O) groups is 1. The summed E-state index contributed by atoms with van der Waals surface area (Å²) in [5, 5.41) is 12.3. The van der Waals surface area contributed by atoms with Crippen molar-refractivity contribution in [2.45, 2.75) is 31.2 Å². The number of nitrogens with zero attached hydrogens (tertiary/aromatic N) is 3. The Morgan fingerprint density at radius 3 is 2.85 bits per heavy atom. The van der Waals surface area contributed by atoms with E-state index < -0.39 is 0 Å². The molecule has 0 aliphatic heterocycles. The zero-order valence-corrected chi connectivity index (χ0v) is 16.2. The van der Waals surface area contributed by atoms with E-state index in [2.05, 4.69) is 48.4 Å². The van der Waals surface area contributed by atoms with Gasteiger partial charge in [0.15, 0.2) is 5.16 Å². The van der Waals surface area contributed by atoms with Crippen molar-refractivity contribution in [2.75, 3.05) is 5.32 Å². The van der Waals surface area contributed by atoms with Gasteiger partial charge in [0, 0.05) is 18.1 Å². The van der Waals surface area contributed by atoms with Crippen LogP contribution < -0.4 is 5.32 Å². The number of aryl methyl sites for hydroxylation is 2. The molecule has 1 unspecified atom stereocenters. The third-order valence-electron chi connectivity index (χ3n) is 4.14. The number of nitrogens with one attached hydrogen (secondary N) is 1. The normalized spacial score (nSPS) is 11.6. The smallest absolute Gasteiger partial charge is 0.237 e. The molecule has 5 nitrogen and oxygen atoms in total. The maximum Gasteiger partial charge on any atom is 0.237 e. The van der Waals surface area contributed by atoms with Gasteiger partial charge < -0.3 is 5.32 Å². The highest BCUT2D eigenvalue weighted by Gasteiger charge is 2.18. The Hall–Kier alpha value is -3.04. The molecule has 1 atom stereocenters. The Bertz CT molecular complexity index is 1020. The summed E-state index contributed by atoms with van der Waals surface area (Å²) in [6, 6.07) is 15.2. The average molecular weight is 376 g/mol. The van der Waals surface area contributed by atoms with E-state index in [-0.39, 0.29) is 11.2 Å². The highest BCUT2D eigenvalue weighted by molar-refractivity contribution is 8.00. The zero-order valence-electron chi connectivity index (χ0n) is 15.4. The van der Waals surface area contributed by atoms with Crippen molar-refractivity contribution in [3.63, 3.8) is 0 Å². The van der Waals surface area contributed by atoms with Gasteiger partial charge in [-0.2, -0.15) is 5.26 Å². The molecular weight excluding hydrogens is 356 g/mol. The number of benzene rings is 2. The third-order valence-corrected chi connectivity index (χ3v) is 5.22. The van der Waals surface area contributed by atoms with Crippen molar-refractivity contribution < 1.29 is 4.79 Å². The van der Waals surface area contributed by atoms with Crippen molar-refractivity contribution in [2.24, 2.45) is 0 Å². The highest BCUT2D eigenvalue weighted by atomic mass is 32.2. The second-order valence-electron chi connectivity index (χ2n) is 6.31. The number of amides is 1. The number of hydrogen-bond donors (Lipinski definition) is 1. The molecule has 0 bridgehead atoms. The Morgan fingerprint density at radius 1 is 1.26 bits per heavy atom. The number of aromatic nitrogens is 2. The van der Waals surface area contributed by atoms with Crippen LogP contribution in [0.4, 0.5) is 5.69 Å². The van der Waals surface area contributed by atoms with E-state index in [1.54, 1.807) is 30.5 Å². The molecule has 0 spiro atoms. The molecule has 1 N–H and O–H groups in total. The summed E-state index contributed by atoms with van der Waals surface area (Å²) < 4.78 is 2.01. The van der Waals surface area contributed by atoms with Gasteiger partial charge in [-0.05, 0) is 56.2 Å². The van der Waals surface area contributed by atoms with Crippen molar-refractivity contribution >= 4 is 23.4 Å². The van der Waals surface area contributed by atoms with Gasteiger partial charge >= 0.3 is 0 Å². The highest BCUT2D eigenvalue weighted by Crippen LogP contribution is 2.27. The molecule has 0 radical (unpaired) electrons. The summed E-state index contributed by atoms with van der Waals surface area (Å²) in [4.78, 5) is 17.0. The molecule has 0 aliphatic rings. The summed E-state index contributed by atoms with van der Waals surface area (Å²) in [7, 11) is 0. The van der Waals surface area contributed by atoms with E-state index in [1.165, 1.54) is 17.3 Å².